The number of likely N-dealkylation sites (N-methyl/N-ethyl adjacent to an activating group) is 1. The van der Waals surface area contributed by atoms with Crippen molar-refractivity contribution in [2.24, 2.45) is 0 Å². The number of phenols is 1. The summed E-state index contributed by atoms with van der Waals surface area (Å²) in [5, 5.41) is 12.9. The number of ether oxygens (including phenoxy) is 1. The van der Waals surface area contributed by atoms with Crippen molar-refractivity contribution in [3.05, 3.63) is 58.8 Å². The molecule has 122 valence electrons. The van der Waals surface area contributed by atoms with Gasteiger partial charge in [-0.2, -0.15) is 0 Å². The van der Waals surface area contributed by atoms with Crippen LogP contribution in [0.5, 0.6) is 11.5 Å². The lowest BCUT2D eigenvalue weighted by Crippen LogP contribution is -2.23. The molecule has 0 unspecified atom stereocenters. The summed E-state index contributed by atoms with van der Waals surface area (Å²) in [7, 11) is 1.60. The molecule has 0 bridgehead atoms. The fourth-order valence-electron chi connectivity index (χ4n) is 2.32. The number of carbonyl (C=O) groups excluding carboxylic acids is 1. The molecule has 1 heterocycles. The molecule has 24 heavy (non-hydrogen) atoms. The highest BCUT2D eigenvalue weighted by Crippen LogP contribution is 2.35. The zero-order valence-electron chi connectivity index (χ0n) is 12.9. The largest absolute Gasteiger partial charge is 0.504 e. The second-order valence-corrected chi connectivity index (χ2v) is 5.14. The van der Waals surface area contributed by atoms with Crippen LogP contribution in [0.1, 0.15) is 0 Å². The third-order valence-electron chi connectivity index (χ3n) is 3.43. The van der Waals surface area contributed by atoms with Gasteiger partial charge in [0.2, 0.25) is 5.75 Å². The van der Waals surface area contributed by atoms with E-state index in [0.717, 1.165) is 0 Å². The molecule has 0 aliphatic heterocycles. The van der Waals surface area contributed by atoms with Gasteiger partial charge in [0.15, 0.2) is 16.8 Å². The molecule has 0 saturated carbocycles. The van der Waals surface area contributed by atoms with E-state index in [1.165, 1.54) is 18.2 Å². The van der Waals surface area contributed by atoms with Crippen LogP contribution in [-0.2, 0) is 4.79 Å². The molecule has 3 aromatic rings. The summed E-state index contributed by atoms with van der Waals surface area (Å²) in [4.78, 5) is 24.1. The zero-order chi connectivity index (χ0) is 17.1. The van der Waals surface area contributed by atoms with Crippen LogP contribution in [0.4, 0.5) is 0 Å². The molecule has 2 N–H and O–H groups in total. The minimum absolute atomic E-state index is 0.0332. The van der Waals surface area contributed by atoms with Gasteiger partial charge in [0.25, 0.3) is 0 Å². The highest BCUT2D eigenvalue weighted by molar-refractivity contribution is 5.89. The molecular weight excluding hydrogens is 310 g/mol. The van der Waals surface area contributed by atoms with E-state index in [2.05, 4.69) is 5.32 Å². The van der Waals surface area contributed by atoms with E-state index < -0.39 is 5.97 Å². The molecular formula is C18H15NO5. The van der Waals surface area contributed by atoms with Crippen LogP contribution in [0.2, 0.25) is 0 Å². The Labute approximate surface area is 137 Å². The summed E-state index contributed by atoms with van der Waals surface area (Å²) in [6.45, 7) is -0.0432. The monoisotopic (exact) mass is 325 g/mol. The molecule has 0 fully saturated rings. The molecule has 0 amide bonds. The molecule has 0 radical (unpaired) electrons. The Morgan fingerprint density at radius 1 is 1.21 bits per heavy atom. The standard InChI is InChI=1S/C18H15NO5/c1-19-10-16(22)24-18-13(20)8-7-12-14(21)9-15(23-17(12)18)11-5-3-2-4-6-11/h2-9,19-20H,10H2,1H3. The van der Waals surface area contributed by atoms with E-state index in [0.29, 0.717) is 11.3 Å². The van der Waals surface area contributed by atoms with Crippen molar-refractivity contribution in [1.82, 2.24) is 5.32 Å². The van der Waals surface area contributed by atoms with E-state index in [1.54, 1.807) is 19.2 Å². The summed E-state index contributed by atoms with van der Waals surface area (Å²) >= 11 is 0. The SMILES string of the molecule is CNCC(=O)Oc1c(O)ccc2c(=O)cc(-c3ccccc3)oc12. The van der Waals surface area contributed by atoms with Gasteiger partial charge in [-0.25, -0.2) is 0 Å². The number of benzene rings is 2. The Morgan fingerprint density at radius 3 is 2.67 bits per heavy atom. The third-order valence-corrected chi connectivity index (χ3v) is 3.43. The lowest BCUT2D eigenvalue weighted by molar-refractivity contribution is -0.133. The normalized spacial score (nSPS) is 10.7. The minimum atomic E-state index is -0.604. The lowest BCUT2D eigenvalue weighted by Gasteiger charge is -2.10. The van der Waals surface area contributed by atoms with E-state index in [4.69, 9.17) is 9.15 Å². The molecule has 6 heteroatoms. The first kappa shape index (κ1) is 15.8. The molecule has 1 aromatic heterocycles. The van der Waals surface area contributed by atoms with Crippen molar-refractivity contribution in [1.29, 1.82) is 0 Å². The average molecular weight is 325 g/mol. The quantitative estimate of drug-likeness (QED) is 0.565. The Kier molecular flexibility index (Phi) is 4.31. The van der Waals surface area contributed by atoms with Gasteiger partial charge >= 0.3 is 5.97 Å². The summed E-state index contributed by atoms with van der Waals surface area (Å²) in [5.74, 6) is -0.722. The van der Waals surface area contributed by atoms with Crippen LogP contribution in [0.15, 0.2) is 57.7 Å². The van der Waals surface area contributed by atoms with Crippen molar-refractivity contribution in [2.45, 2.75) is 0 Å². The summed E-state index contributed by atoms with van der Waals surface area (Å²) in [6.07, 6.45) is 0. The number of phenolic OH excluding ortho intramolecular Hbond substituents is 1. The van der Waals surface area contributed by atoms with Crippen molar-refractivity contribution in [3.8, 4) is 22.8 Å². The van der Waals surface area contributed by atoms with Crippen LogP contribution >= 0.6 is 0 Å². The number of carbonyl (C=O) groups is 1. The first-order chi connectivity index (χ1) is 11.6. The minimum Gasteiger partial charge on any atom is -0.504 e. The van der Waals surface area contributed by atoms with Gasteiger partial charge in [-0.05, 0) is 19.2 Å². The van der Waals surface area contributed by atoms with Crippen LogP contribution in [0, 0.1) is 0 Å². The van der Waals surface area contributed by atoms with Crippen molar-refractivity contribution in [3.63, 3.8) is 0 Å². The van der Waals surface area contributed by atoms with Crippen LogP contribution < -0.4 is 15.5 Å². The van der Waals surface area contributed by atoms with E-state index in [1.807, 2.05) is 18.2 Å². The maximum Gasteiger partial charge on any atom is 0.325 e. The fraction of sp³-hybridized carbons (Fsp3) is 0.111. The third kappa shape index (κ3) is 3.00. The average Bonchev–Trinajstić information content (AvgIpc) is 2.58. The summed E-state index contributed by atoms with van der Waals surface area (Å²) < 4.78 is 10.9. The van der Waals surface area contributed by atoms with Crippen LogP contribution in [0.3, 0.4) is 0 Å². The number of hydrogen-bond donors (Lipinski definition) is 2. The second-order valence-electron chi connectivity index (χ2n) is 5.14. The number of rotatable bonds is 4. The van der Waals surface area contributed by atoms with Crippen molar-refractivity contribution < 1.29 is 19.1 Å². The van der Waals surface area contributed by atoms with Gasteiger partial charge in [-0.1, -0.05) is 30.3 Å². The first-order valence-electron chi connectivity index (χ1n) is 7.30. The Hall–Kier alpha value is -3.12. The first-order valence-corrected chi connectivity index (χ1v) is 7.30. The summed E-state index contributed by atoms with van der Waals surface area (Å²) in [6, 6.07) is 13.2. The van der Waals surface area contributed by atoms with Crippen molar-refractivity contribution >= 4 is 16.9 Å². The molecule has 2 aromatic carbocycles. The number of aromatic hydroxyl groups is 1. The summed E-state index contributed by atoms with van der Waals surface area (Å²) in [5.41, 5.74) is 0.444. The Morgan fingerprint density at radius 2 is 1.96 bits per heavy atom. The van der Waals surface area contributed by atoms with Gasteiger partial charge in [0.05, 0.1) is 11.9 Å². The molecule has 0 aliphatic rings. The Balaban J connectivity index is 2.20. The van der Waals surface area contributed by atoms with Gasteiger partial charge < -0.3 is 19.6 Å². The second kappa shape index (κ2) is 6.55. The molecule has 0 saturated heterocycles. The number of esters is 1. The van der Waals surface area contributed by atoms with Gasteiger partial charge in [0.1, 0.15) is 5.76 Å². The number of fused-ring (bicyclic) bond motifs is 1. The molecule has 6 nitrogen and oxygen atoms in total. The molecule has 0 spiro atoms. The fourth-order valence-corrected chi connectivity index (χ4v) is 2.32. The van der Waals surface area contributed by atoms with Crippen LogP contribution in [0.25, 0.3) is 22.3 Å². The lowest BCUT2D eigenvalue weighted by atomic mass is 10.1. The van der Waals surface area contributed by atoms with Gasteiger partial charge in [0, 0.05) is 11.6 Å². The Bertz CT molecular complexity index is 947. The molecule has 3 rings (SSSR count). The van der Waals surface area contributed by atoms with Gasteiger partial charge in [-0.3, -0.25) is 9.59 Å². The zero-order valence-corrected chi connectivity index (χ0v) is 12.9. The van der Waals surface area contributed by atoms with Crippen molar-refractivity contribution in [2.75, 3.05) is 13.6 Å². The van der Waals surface area contributed by atoms with E-state index >= 15 is 0 Å². The molecule has 0 atom stereocenters. The maximum atomic E-state index is 12.4. The van der Waals surface area contributed by atoms with Crippen LogP contribution in [-0.4, -0.2) is 24.7 Å². The molecule has 0 aliphatic carbocycles. The predicted molar refractivity (Wildman–Crippen MR) is 89.1 cm³/mol. The topological polar surface area (TPSA) is 88.8 Å². The van der Waals surface area contributed by atoms with E-state index in [9.17, 15) is 14.7 Å². The highest BCUT2D eigenvalue weighted by Gasteiger charge is 2.18. The van der Waals surface area contributed by atoms with E-state index in [-0.39, 0.29) is 34.4 Å². The number of hydrogen-bond acceptors (Lipinski definition) is 6. The smallest absolute Gasteiger partial charge is 0.325 e. The maximum absolute atomic E-state index is 12.4. The highest BCUT2D eigenvalue weighted by atomic mass is 16.5. The van der Waals surface area contributed by atoms with Gasteiger partial charge in [-0.15, -0.1) is 0 Å². The predicted octanol–water partition coefficient (Wildman–Crippen LogP) is 2.29. The number of nitrogens with one attached hydrogen (secondary N) is 1.